The zero-order chi connectivity index (χ0) is 16.3. The molecule has 0 aliphatic rings. The summed E-state index contributed by atoms with van der Waals surface area (Å²) in [6, 6.07) is 4.97. The van der Waals surface area contributed by atoms with E-state index in [1.165, 1.54) is 6.92 Å². The van der Waals surface area contributed by atoms with Crippen LogP contribution >= 0.6 is 0 Å². The number of hydrogen-bond acceptors (Lipinski definition) is 5. The van der Waals surface area contributed by atoms with Gasteiger partial charge < -0.3 is 10.1 Å². The highest BCUT2D eigenvalue weighted by Gasteiger charge is 2.18. The van der Waals surface area contributed by atoms with E-state index < -0.39 is 12.1 Å². The molecule has 2 rings (SSSR count). The number of rotatable bonds is 4. The minimum atomic E-state index is -0.839. The molecule has 0 aliphatic heterocycles. The Bertz CT molecular complexity index is 728. The highest BCUT2D eigenvalue weighted by Crippen LogP contribution is 2.15. The number of aromatic nitrogens is 2. The molecule has 22 heavy (non-hydrogen) atoms. The van der Waals surface area contributed by atoms with Crippen molar-refractivity contribution in [1.29, 1.82) is 0 Å². The highest BCUT2D eigenvalue weighted by molar-refractivity contribution is 5.95. The summed E-state index contributed by atoms with van der Waals surface area (Å²) in [6.45, 7) is 7.59. The van der Waals surface area contributed by atoms with E-state index in [2.05, 4.69) is 15.3 Å². The summed E-state index contributed by atoms with van der Waals surface area (Å²) in [5.74, 6) is -0.872. The van der Waals surface area contributed by atoms with Crippen molar-refractivity contribution in [2.45, 2.75) is 33.8 Å². The molecule has 0 saturated heterocycles. The van der Waals surface area contributed by atoms with Crippen molar-refractivity contribution < 1.29 is 14.3 Å². The summed E-state index contributed by atoms with van der Waals surface area (Å²) in [5.41, 5.74) is 3.36. The van der Waals surface area contributed by atoms with Crippen LogP contribution in [0.15, 0.2) is 18.2 Å². The Morgan fingerprint density at radius 2 is 1.82 bits per heavy atom. The standard InChI is InChI=1S/C16H19N3O3/c1-5-17-15(20)11(4)22-16(21)12-6-7-13-14(8-12)19-10(3)9(2)18-13/h6-8,11H,5H2,1-4H3,(H,17,20). The van der Waals surface area contributed by atoms with Crippen molar-refractivity contribution >= 4 is 22.9 Å². The number of likely N-dealkylation sites (N-methyl/N-ethyl adjacent to an activating group) is 1. The Balaban J connectivity index is 2.21. The Kier molecular flexibility index (Phi) is 4.70. The van der Waals surface area contributed by atoms with Gasteiger partial charge >= 0.3 is 5.97 Å². The number of esters is 1. The molecule has 1 heterocycles. The predicted molar refractivity (Wildman–Crippen MR) is 82.6 cm³/mol. The second-order valence-corrected chi connectivity index (χ2v) is 5.04. The van der Waals surface area contributed by atoms with E-state index in [9.17, 15) is 9.59 Å². The number of nitrogens with one attached hydrogen (secondary N) is 1. The van der Waals surface area contributed by atoms with Gasteiger partial charge in [-0.25, -0.2) is 14.8 Å². The van der Waals surface area contributed by atoms with E-state index in [1.807, 2.05) is 13.8 Å². The lowest BCUT2D eigenvalue weighted by Crippen LogP contribution is -2.35. The summed E-state index contributed by atoms with van der Waals surface area (Å²) in [6.07, 6.45) is -0.839. The molecule has 0 bridgehead atoms. The van der Waals surface area contributed by atoms with E-state index in [0.29, 0.717) is 17.6 Å². The first kappa shape index (κ1) is 15.9. The molecule has 1 N–H and O–H groups in total. The smallest absolute Gasteiger partial charge is 0.338 e. The Hall–Kier alpha value is -2.50. The van der Waals surface area contributed by atoms with Crippen molar-refractivity contribution in [2.24, 2.45) is 0 Å². The number of nitrogens with zero attached hydrogens (tertiary/aromatic N) is 2. The fraction of sp³-hybridized carbons (Fsp3) is 0.375. The van der Waals surface area contributed by atoms with Crippen LogP contribution < -0.4 is 5.32 Å². The predicted octanol–water partition coefficient (Wildman–Crippen LogP) is 1.93. The van der Waals surface area contributed by atoms with Gasteiger partial charge in [-0.3, -0.25) is 4.79 Å². The second-order valence-electron chi connectivity index (χ2n) is 5.04. The molecule has 1 aromatic carbocycles. The molecule has 1 unspecified atom stereocenters. The van der Waals surface area contributed by atoms with Crippen LogP contribution in [0.3, 0.4) is 0 Å². The Morgan fingerprint density at radius 1 is 1.18 bits per heavy atom. The zero-order valence-electron chi connectivity index (χ0n) is 13.1. The number of amides is 1. The van der Waals surface area contributed by atoms with Gasteiger partial charge in [0.15, 0.2) is 6.10 Å². The maximum atomic E-state index is 12.1. The van der Waals surface area contributed by atoms with Crippen LogP contribution in [0.25, 0.3) is 11.0 Å². The lowest BCUT2D eigenvalue weighted by atomic mass is 10.2. The van der Waals surface area contributed by atoms with Gasteiger partial charge in [-0.15, -0.1) is 0 Å². The third kappa shape index (κ3) is 3.39. The fourth-order valence-corrected chi connectivity index (χ4v) is 1.96. The summed E-state index contributed by atoms with van der Waals surface area (Å²) >= 11 is 0. The van der Waals surface area contributed by atoms with Crippen LogP contribution in [0, 0.1) is 13.8 Å². The lowest BCUT2D eigenvalue weighted by Gasteiger charge is -2.12. The topological polar surface area (TPSA) is 81.2 Å². The molecular formula is C16H19N3O3. The number of aryl methyl sites for hydroxylation is 2. The maximum Gasteiger partial charge on any atom is 0.338 e. The molecule has 0 radical (unpaired) electrons. The van der Waals surface area contributed by atoms with Crippen molar-refractivity contribution in [3.63, 3.8) is 0 Å². The lowest BCUT2D eigenvalue weighted by molar-refractivity contribution is -0.128. The first-order valence-electron chi connectivity index (χ1n) is 7.16. The van der Waals surface area contributed by atoms with Gasteiger partial charge in [-0.1, -0.05) is 0 Å². The van der Waals surface area contributed by atoms with Crippen LogP contribution in [0.1, 0.15) is 35.6 Å². The van der Waals surface area contributed by atoms with Crippen molar-refractivity contribution in [3.05, 3.63) is 35.2 Å². The molecule has 1 atom stereocenters. The third-order valence-electron chi connectivity index (χ3n) is 3.32. The highest BCUT2D eigenvalue weighted by atomic mass is 16.5. The van der Waals surface area contributed by atoms with Crippen LogP contribution in [0.5, 0.6) is 0 Å². The summed E-state index contributed by atoms with van der Waals surface area (Å²) in [7, 11) is 0. The summed E-state index contributed by atoms with van der Waals surface area (Å²) in [4.78, 5) is 32.5. The minimum Gasteiger partial charge on any atom is -0.449 e. The summed E-state index contributed by atoms with van der Waals surface area (Å²) < 4.78 is 5.15. The van der Waals surface area contributed by atoms with Gasteiger partial charge in [0.05, 0.1) is 28.0 Å². The Morgan fingerprint density at radius 3 is 2.45 bits per heavy atom. The minimum absolute atomic E-state index is 0.317. The average molecular weight is 301 g/mol. The SMILES string of the molecule is CCNC(=O)C(C)OC(=O)c1ccc2nc(C)c(C)nc2c1. The van der Waals surface area contributed by atoms with Gasteiger partial charge in [0, 0.05) is 6.54 Å². The van der Waals surface area contributed by atoms with Gasteiger partial charge in [0.2, 0.25) is 0 Å². The molecule has 1 aromatic heterocycles. The molecule has 0 spiro atoms. The number of ether oxygens (including phenoxy) is 1. The van der Waals surface area contributed by atoms with Crippen molar-refractivity contribution in [2.75, 3.05) is 6.54 Å². The molecule has 2 aromatic rings. The molecule has 0 aliphatic carbocycles. The van der Waals surface area contributed by atoms with E-state index in [1.54, 1.807) is 25.1 Å². The number of carbonyl (C=O) groups is 2. The molecule has 1 amide bonds. The maximum absolute atomic E-state index is 12.1. The van der Waals surface area contributed by atoms with Gasteiger partial charge in [0.25, 0.3) is 5.91 Å². The van der Waals surface area contributed by atoms with Crippen LogP contribution in [0.2, 0.25) is 0 Å². The van der Waals surface area contributed by atoms with Crippen molar-refractivity contribution in [1.82, 2.24) is 15.3 Å². The molecule has 6 nitrogen and oxygen atoms in total. The number of hydrogen-bond donors (Lipinski definition) is 1. The normalized spacial score (nSPS) is 12.0. The van der Waals surface area contributed by atoms with Crippen LogP contribution in [-0.4, -0.2) is 34.5 Å². The van der Waals surface area contributed by atoms with E-state index in [-0.39, 0.29) is 5.91 Å². The third-order valence-corrected chi connectivity index (χ3v) is 3.32. The van der Waals surface area contributed by atoms with Crippen LogP contribution in [0.4, 0.5) is 0 Å². The van der Waals surface area contributed by atoms with Crippen molar-refractivity contribution in [3.8, 4) is 0 Å². The van der Waals surface area contributed by atoms with E-state index in [4.69, 9.17) is 4.74 Å². The number of benzene rings is 1. The molecule has 116 valence electrons. The quantitative estimate of drug-likeness (QED) is 0.873. The first-order valence-corrected chi connectivity index (χ1v) is 7.16. The Labute approximate surface area is 128 Å². The molecular weight excluding hydrogens is 282 g/mol. The fourth-order valence-electron chi connectivity index (χ4n) is 1.96. The zero-order valence-corrected chi connectivity index (χ0v) is 13.1. The molecule has 6 heteroatoms. The van der Waals surface area contributed by atoms with E-state index >= 15 is 0 Å². The number of fused-ring (bicyclic) bond motifs is 1. The van der Waals surface area contributed by atoms with Gasteiger partial charge in [0.1, 0.15) is 0 Å². The van der Waals surface area contributed by atoms with Gasteiger partial charge in [-0.05, 0) is 45.9 Å². The van der Waals surface area contributed by atoms with Crippen LogP contribution in [-0.2, 0) is 9.53 Å². The largest absolute Gasteiger partial charge is 0.449 e. The molecule has 0 fully saturated rings. The van der Waals surface area contributed by atoms with Gasteiger partial charge in [-0.2, -0.15) is 0 Å². The molecule has 0 saturated carbocycles. The average Bonchev–Trinajstić information content (AvgIpc) is 2.48. The summed E-state index contributed by atoms with van der Waals surface area (Å²) in [5, 5.41) is 2.61. The van der Waals surface area contributed by atoms with E-state index in [0.717, 1.165) is 16.9 Å². The monoisotopic (exact) mass is 301 g/mol. The second kappa shape index (κ2) is 6.51. The number of carbonyl (C=O) groups excluding carboxylic acids is 2. The first-order chi connectivity index (χ1) is 10.4.